The van der Waals surface area contributed by atoms with Gasteiger partial charge in [0.1, 0.15) is 10.6 Å². The van der Waals surface area contributed by atoms with Gasteiger partial charge in [-0.15, -0.1) is 0 Å². The number of Topliss-reactive ketones (excluding diaryl/α,β-unsaturated/α-hetero) is 1. The summed E-state index contributed by atoms with van der Waals surface area (Å²) in [6.45, 7) is 3.50. The molecular weight excluding hydrogens is 394 g/mol. The van der Waals surface area contributed by atoms with Crippen LogP contribution in [0, 0.1) is 0 Å². The zero-order valence-electron chi connectivity index (χ0n) is 17.1. The van der Waals surface area contributed by atoms with Gasteiger partial charge in [0.05, 0.1) is 12.7 Å². The van der Waals surface area contributed by atoms with Gasteiger partial charge in [-0.05, 0) is 37.1 Å². The van der Waals surface area contributed by atoms with Crippen molar-refractivity contribution >= 4 is 21.8 Å². The van der Waals surface area contributed by atoms with Crippen molar-refractivity contribution in [1.29, 1.82) is 0 Å². The van der Waals surface area contributed by atoms with E-state index in [-0.39, 0.29) is 22.0 Å². The lowest BCUT2D eigenvalue weighted by Gasteiger charge is -2.16. The van der Waals surface area contributed by atoms with Crippen LogP contribution in [-0.4, -0.2) is 51.8 Å². The van der Waals surface area contributed by atoms with Crippen LogP contribution < -0.4 is 4.74 Å². The van der Waals surface area contributed by atoms with E-state index >= 15 is 0 Å². The average molecular weight is 419 g/mol. The van der Waals surface area contributed by atoms with E-state index in [1.165, 1.54) is 46.3 Å². The number of hydrogen-bond donors (Lipinski definition) is 0. The lowest BCUT2D eigenvalue weighted by Crippen LogP contribution is -2.25. The van der Waals surface area contributed by atoms with Crippen LogP contribution in [0.3, 0.4) is 0 Å². The Morgan fingerprint density at radius 2 is 1.62 bits per heavy atom. The van der Waals surface area contributed by atoms with Crippen molar-refractivity contribution in [2.45, 2.75) is 31.3 Å². The molecule has 0 aromatic heterocycles. The first-order valence-corrected chi connectivity index (χ1v) is 10.5. The first kappa shape index (κ1) is 22.6. The Bertz CT molecular complexity index is 996. The van der Waals surface area contributed by atoms with Crippen LogP contribution in [0.25, 0.3) is 0 Å². The molecular formula is C21H25NO6S. The number of hydrogen-bond acceptors (Lipinski definition) is 6. The highest BCUT2D eigenvalue weighted by atomic mass is 32.2. The van der Waals surface area contributed by atoms with Crippen molar-refractivity contribution in [2.75, 3.05) is 21.2 Å². The molecule has 0 aliphatic rings. The van der Waals surface area contributed by atoms with Crippen LogP contribution in [0.2, 0.25) is 0 Å². The molecule has 1 atom stereocenters. The highest BCUT2D eigenvalue weighted by molar-refractivity contribution is 7.89. The third-order valence-corrected chi connectivity index (χ3v) is 6.29. The monoisotopic (exact) mass is 419 g/mol. The van der Waals surface area contributed by atoms with E-state index in [0.717, 1.165) is 16.3 Å². The second-order valence-corrected chi connectivity index (χ2v) is 8.74. The summed E-state index contributed by atoms with van der Waals surface area (Å²) in [6, 6.07) is 11.0. The molecule has 8 heteroatoms. The molecule has 7 nitrogen and oxygen atoms in total. The number of carbonyl (C=O) groups excluding carboxylic acids is 2. The van der Waals surface area contributed by atoms with Crippen LogP contribution >= 0.6 is 0 Å². The lowest BCUT2D eigenvalue weighted by atomic mass is 10.0. The van der Waals surface area contributed by atoms with Gasteiger partial charge >= 0.3 is 5.97 Å². The maximum atomic E-state index is 12.5. The predicted molar refractivity (Wildman–Crippen MR) is 109 cm³/mol. The molecule has 0 N–H and O–H groups in total. The molecule has 0 saturated carbocycles. The minimum absolute atomic E-state index is 0.00667. The van der Waals surface area contributed by atoms with Gasteiger partial charge in [-0.3, -0.25) is 4.79 Å². The van der Waals surface area contributed by atoms with Gasteiger partial charge < -0.3 is 9.47 Å². The zero-order valence-corrected chi connectivity index (χ0v) is 17.9. The van der Waals surface area contributed by atoms with Crippen molar-refractivity contribution in [3.8, 4) is 5.75 Å². The van der Waals surface area contributed by atoms with E-state index in [0.29, 0.717) is 5.56 Å². The molecule has 0 amide bonds. The van der Waals surface area contributed by atoms with Gasteiger partial charge in [0.25, 0.3) is 0 Å². The number of rotatable bonds is 8. The van der Waals surface area contributed by atoms with Gasteiger partial charge in [0, 0.05) is 19.7 Å². The average Bonchev–Trinajstić information content (AvgIpc) is 2.72. The van der Waals surface area contributed by atoms with E-state index in [2.05, 4.69) is 0 Å². The molecule has 0 spiro atoms. The molecule has 0 saturated heterocycles. The number of aryl methyl sites for hydroxylation is 1. The summed E-state index contributed by atoms with van der Waals surface area (Å²) in [7, 11) is 0.262. The van der Waals surface area contributed by atoms with E-state index in [1.807, 2.05) is 19.1 Å². The Hall–Kier alpha value is -2.71. The van der Waals surface area contributed by atoms with Crippen LogP contribution in [-0.2, 0) is 21.2 Å². The fourth-order valence-electron chi connectivity index (χ4n) is 2.62. The first-order chi connectivity index (χ1) is 13.6. The van der Waals surface area contributed by atoms with Crippen molar-refractivity contribution in [3.05, 3.63) is 59.2 Å². The summed E-state index contributed by atoms with van der Waals surface area (Å²) in [5.74, 6) is -1.03. The van der Waals surface area contributed by atoms with Crippen LogP contribution in [0.4, 0.5) is 0 Å². The number of ether oxygens (including phenoxy) is 2. The Morgan fingerprint density at radius 1 is 1.03 bits per heavy atom. The predicted octanol–water partition coefficient (Wildman–Crippen LogP) is 2.94. The fourth-order valence-corrected chi connectivity index (χ4v) is 3.70. The molecule has 0 heterocycles. The van der Waals surface area contributed by atoms with Crippen LogP contribution in [0.15, 0.2) is 47.4 Å². The number of ketones is 1. The molecule has 0 aliphatic heterocycles. The topological polar surface area (TPSA) is 90.0 Å². The normalized spacial score (nSPS) is 12.5. The van der Waals surface area contributed by atoms with Crippen molar-refractivity contribution in [3.63, 3.8) is 0 Å². The SMILES string of the molecule is CCc1ccc(C(=O)[C@H](C)OC(=O)c2ccc(OC)c(S(=O)(=O)N(C)C)c2)cc1. The molecule has 0 unspecified atom stereocenters. The molecule has 29 heavy (non-hydrogen) atoms. The molecule has 2 aromatic carbocycles. The summed E-state index contributed by atoms with van der Waals surface area (Å²) >= 11 is 0. The van der Waals surface area contributed by atoms with E-state index in [1.54, 1.807) is 12.1 Å². The summed E-state index contributed by atoms with van der Waals surface area (Å²) in [6.07, 6.45) is -0.166. The van der Waals surface area contributed by atoms with Crippen molar-refractivity contribution in [1.82, 2.24) is 4.31 Å². The standard InChI is InChI=1S/C21H25NO6S/c1-6-15-7-9-16(10-8-15)20(23)14(2)28-21(24)17-11-12-18(27-5)19(13-17)29(25,26)22(3)4/h7-14H,6H2,1-5H3/t14-/m0/s1. The molecule has 0 aliphatic carbocycles. The minimum atomic E-state index is -3.84. The smallest absolute Gasteiger partial charge is 0.338 e. The van der Waals surface area contributed by atoms with Gasteiger partial charge in [-0.25, -0.2) is 17.5 Å². The first-order valence-electron chi connectivity index (χ1n) is 9.06. The van der Waals surface area contributed by atoms with Crippen molar-refractivity contribution < 1.29 is 27.5 Å². The van der Waals surface area contributed by atoms with Gasteiger partial charge in [-0.2, -0.15) is 0 Å². The van der Waals surface area contributed by atoms with Crippen LogP contribution in [0.1, 0.15) is 40.1 Å². The maximum absolute atomic E-state index is 12.5. The number of nitrogens with zero attached hydrogens (tertiary/aromatic N) is 1. The number of benzene rings is 2. The Kier molecular flexibility index (Phi) is 7.16. The summed E-state index contributed by atoms with van der Waals surface area (Å²) in [5, 5.41) is 0. The fraction of sp³-hybridized carbons (Fsp3) is 0.333. The largest absolute Gasteiger partial charge is 0.495 e. The third kappa shape index (κ3) is 5.02. The summed E-state index contributed by atoms with van der Waals surface area (Å²) < 4.78 is 36.4. The number of carbonyl (C=O) groups is 2. The maximum Gasteiger partial charge on any atom is 0.338 e. The van der Waals surface area contributed by atoms with Gasteiger partial charge in [0.15, 0.2) is 6.10 Å². The zero-order chi connectivity index (χ0) is 21.8. The molecule has 0 radical (unpaired) electrons. The molecule has 156 valence electrons. The lowest BCUT2D eigenvalue weighted by molar-refractivity contribution is 0.0318. The second kappa shape index (κ2) is 9.19. The van der Waals surface area contributed by atoms with Crippen molar-refractivity contribution in [2.24, 2.45) is 0 Å². The Morgan fingerprint density at radius 3 is 2.14 bits per heavy atom. The highest BCUT2D eigenvalue weighted by Gasteiger charge is 2.26. The molecule has 2 aromatic rings. The Balaban J connectivity index is 2.24. The van der Waals surface area contributed by atoms with Crippen LogP contribution in [0.5, 0.6) is 5.75 Å². The van der Waals surface area contributed by atoms with E-state index in [9.17, 15) is 18.0 Å². The molecule has 0 fully saturated rings. The van der Waals surface area contributed by atoms with Gasteiger partial charge in [0.2, 0.25) is 15.8 Å². The summed E-state index contributed by atoms with van der Waals surface area (Å²) in [4.78, 5) is 24.9. The molecule has 2 rings (SSSR count). The Labute approximate surface area is 171 Å². The number of esters is 1. The molecule has 0 bridgehead atoms. The number of sulfonamides is 1. The minimum Gasteiger partial charge on any atom is -0.495 e. The van der Waals surface area contributed by atoms with E-state index < -0.39 is 22.1 Å². The quantitative estimate of drug-likeness (QED) is 0.483. The number of methoxy groups -OCH3 is 1. The highest BCUT2D eigenvalue weighted by Crippen LogP contribution is 2.27. The van der Waals surface area contributed by atoms with E-state index in [4.69, 9.17) is 9.47 Å². The van der Waals surface area contributed by atoms with Gasteiger partial charge in [-0.1, -0.05) is 31.2 Å². The third-order valence-electron chi connectivity index (χ3n) is 4.46. The summed E-state index contributed by atoms with van der Waals surface area (Å²) in [5.41, 5.74) is 1.54. The second-order valence-electron chi connectivity index (χ2n) is 6.62.